The average Bonchev–Trinajstić information content (AvgIpc) is 1.85. The minimum absolute atomic E-state index is 0.109. The van der Waals surface area contributed by atoms with Gasteiger partial charge >= 0.3 is 11.9 Å². The minimum atomic E-state index is -1.20. The number of hydrogen-bond donors (Lipinski definition) is 1. The third kappa shape index (κ3) is 3.24. The zero-order valence-corrected chi connectivity index (χ0v) is 6.71. The van der Waals surface area contributed by atoms with Crippen molar-refractivity contribution in [1.29, 1.82) is 0 Å². The maximum absolute atomic E-state index is 10.4. The maximum atomic E-state index is 10.4. The molecule has 4 nitrogen and oxygen atoms in total. The first-order valence-corrected chi connectivity index (χ1v) is 3.05. The molecule has 0 aliphatic rings. The van der Waals surface area contributed by atoms with Gasteiger partial charge in [0.2, 0.25) is 0 Å². The van der Waals surface area contributed by atoms with Crippen molar-refractivity contribution in [2.75, 3.05) is 7.11 Å². The van der Waals surface area contributed by atoms with Crippen LogP contribution < -0.4 is 0 Å². The summed E-state index contributed by atoms with van der Waals surface area (Å²) in [4.78, 5) is 20.4. The molecular formula is C5H5BrO4. The van der Waals surface area contributed by atoms with Gasteiger partial charge in [-0.25, -0.2) is 9.59 Å². The van der Waals surface area contributed by atoms with Crippen molar-refractivity contribution in [3.63, 3.8) is 0 Å². The Hall–Kier alpha value is -0.840. The SMILES string of the molecule is COC(=O)/C(Br)=C\C(=O)O. The van der Waals surface area contributed by atoms with Gasteiger partial charge in [0.15, 0.2) is 0 Å². The van der Waals surface area contributed by atoms with E-state index in [9.17, 15) is 9.59 Å². The monoisotopic (exact) mass is 208 g/mol. The van der Waals surface area contributed by atoms with Gasteiger partial charge < -0.3 is 9.84 Å². The van der Waals surface area contributed by atoms with Crippen LogP contribution in [0.1, 0.15) is 0 Å². The van der Waals surface area contributed by atoms with E-state index in [1.807, 2.05) is 0 Å². The van der Waals surface area contributed by atoms with Gasteiger partial charge in [0.05, 0.1) is 7.11 Å². The summed E-state index contributed by atoms with van der Waals surface area (Å²) in [6.07, 6.45) is 0.714. The fourth-order valence-electron chi connectivity index (χ4n) is 0.265. The number of carbonyl (C=O) groups excluding carboxylic acids is 1. The topological polar surface area (TPSA) is 63.6 Å². The molecule has 10 heavy (non-hydrogen) atoms. The highest BCUT2D eigenvalue weighted by Crippen LogP contribution is 2.05. The van der Waals surface area contributed by atoms with Crippen LogP contribution in [0, 0.1) is 0 Å². The van der Waals surface area contributed by atoms with Gasteiger partial charge in [-0.05, 0) is 15.9 Å². The third-order valence-corrected chi connectivity index (χ3v) is 1.18. The zero-order valence-electron chi connectivity index (χ0n) is 5.13. The van der Waals surface area contributed by atoms with E-state index >= 15 is 0 Å². The number of halogens is 1. The second-order valence-corrected chi connectivity index (χ2v) is 2.18. The van der Waals surface area contributed by atoms with Gasteiger partial charge in [-0.15, -0.1) is 0 Å². The Bertz CT molecular complexity index is 184. The largest absolute Gasteiger partial charge is 0.478 e. The molecule has 0 saturated carbocycles. The summed E-state index contributed by atoms with van der Waals surface area (Å²) in [5.41, 5.74) is 0. The molecule has 0 aromatic heterocycles. The predicted molar refractivity (Wildman–Crippen MR) is 36.7 cm³/mol. The summed E-state index contributed by atoms with van der Waals surface area (Å²) in [5.74, 6) is -1.90. The molecule has 0 aliphatic carbocycles. The van der Waals surface area contributed by atoms with Gasteiger partial charge in [0.25, 0.3) is 0 Å². The van der Waals surface area contributed by atoms with E-state index in [0.717, 1.165) is 0 Å². The Balaban J connectivity index is 4.19. The van der Waals surface area contributed by atoms with Gasteiger partial charge in [-0.3, -0.25) is 0 Å². The number of aliphatic carboxylic acids is 1. The van der Waals surface area contributed by atoms with Crippen molar-refractivity contribution in [1.82, 2.24) is 0 Å². The lowest BCUT2D eigenvalue weighted by Crippen LogP contribution is -2.01. The first-order chi connectivity index (χ1) is 4.57. The Morgan fingerprint density at radius 3 is 2.40 bits per heavy atom. The number of esters is 1. The Morgan fingerprint density at radius 2 is 2.10 bits per heavy atom. The molecule has 0 saturated heterocycles. The lowest BCUT2D eigenvalue weighted by molar-refractivity contribution is -0.136. The standard InChI is InChI=1S/C5H5BrO4/c1-10-5(9)3(6)2-4(7)8/h2H,1H3,(H,7,8)/b3-2+. The average molecular weight is 209 g/mol. The first kappa shape index (κ1) is 9.16. The van der Waals surface area contributed by atoms with E-state index in [0.29, 0.717) is 6.08 Å². The van der Waals surface area contributed by atoms with Crippen LogP contribution in [0.15, 0.2) is 10.6 Å². The molecule has 0 fully saturated rings. The van der Waals surface area contributed by atoms with Crippen molar-refractivity contribution in [2.45, 2.75) is 0 Å². The fourth-order valence-corrected chi connectivity index (χ4v) is 0.623. The number of ether oxygens (including phenoxy) is 1. The molecule has 56 valence electrons. The highest BCUT2D eigenvalue weighted by molar-refractivity contribution is 9.12. The molecule has 0 amide bonds. The first-order valence-electron chi connectivity index (χ1n) is 2.26. The molecule has 0 rings (SSSR count). The molecule has 5 heteroatoms. The molecule has 0 unspecified atom stereocenters. The van der Waals surface area contributed by atoms with Gasteiger partial charge in [-0.2, -0.15) is 0 Å². The Kier molecular flexibility index (Phi) is 3.71. The smallest absolute Gasteiger partial charge is 0.345 e. The zero-order chi connectivity index (χ0) is 8.15. The van der Waals surface area contributed by atoms with Crippen LogP contribution in [0.5, 0.6) is 0 Å². The van der Waals surface area contributed by atoms with Crippen molar-refractivity contribution in [3.05, 3.63) is 10.6 Å². The molecule has 0 bridgehead atoms. The summed E-state index contributed by atoms with van der Waals surface area (Å²) in [7, 11) is 1.17. The number of carboxylic acid groups (broad SMARTS) is 1. The predicted octanol–water partition coefficient (Wildman–Crippen LogP) is 0.523. The lowest BCUT2D eigenvalue weighted by Gasteiger charge is -1.92. The van der Waals surface area contributed by atoms with E-state index in [2.05, 4.69) is 20.7 Å². The molecule has 1 N–H and O–H groups in total. The normalized spacial score (nSPS) is 10.8. The second-order valence-electron chi connectivity index (χ2n) is 1.32. The van der Waals surface area contributed by atoms with E-state index < -0.39 is 11.9 Å². The van der Waals surface area contributed by atoms with E-state index in [1.165, 1.54) is 7.11 Å². The highest BCUT2D eigenvalue weighted by Gasteiger charge is 2.06. The number of hydrogen-bond acceptors (Lipinski definition) is 3. The van der Waals surface area contributed by atoms with Crippen LogP contribution in [0.3, 0.4) is 0 Å². The maximum Gasteiger partial charge on any atom is 0.345 e. The molecule has 0 spiro atoms. The summed E-state index contributed by atoms with van der Waals surface area (Å²) < 4.78 is 4.09. The van der Waals surface area contributed by atoms with Gasteiger partial charge in [-0.1, -0.05) is 0 Å². The number of methoxy groups -OCH3 is 1. The summed E-state index contributed by atoms with van der Waals surface area (Å²) in [6, 6.07) is 0. The molecule has 0 aliphatic heterocycles. The van der Waals surface area contributed by atoms with Crippen LogP contribution in [-0.4, -0.2) is 24.2 Å². The third-order valence-electron chi connectivity index (χ3n) is 0.631. The molecular weight excluding hydrogens is 204 g/mol. The number of rotatable bonds is 2. The van der Waals surface area contributed by atoms with E-state index in [1.54, 1.807) is 0 Å². The Labute approximate surface area is 65.6 Å². The highest BCUT2D eigenvalue weighted by atomic mass is 79.9. The summed E-state index contributed by atoms with van der Waals surface area (Å²) in [6.45, 7) is 0. The summed E-state index contributed by atoms with van der Waals surface area (Å²) in [5, 5.41) is 8.11. The van der Waals surface area contributed by atoms with Crippen LogP contribution in [0.4, 0.5) is 0 Å². The van der Waals surface area contributed by atoms with E-state index in [-0.39, 0.29) is 4.48 Å². The number of carboxylic acids is 1. The van der Waals surface area contributed by atoms with Crippen LogP contribution >= 0.6 is 15.9 Å². The fraction of sp³-hybridized carbons (Fsp3) is 0.200. The second kappa shape index (κ2) is 4.05. The van der Waals surface area contributed by atoms with Crippen LogP contribution in [0.2, 0.25) is 0 Å². The molecule has 0 aromatic carbocycles. The number of carbonyl (C=O) groups is 2. The lowest BCUT2D eigenvalue weighted by atomic mass is 10.5. The minimum Gasteiger partial charge on any atom is -0.478 e. The Morgan fingerprint density at radius 1 is 1.60 bits per heavy atom. The molecule has 0 radical (unpaired) electrons. The van der Waals surface area contributed by atoms with Gasteiger partial charge in [0.1, 0.15) is 4.48 Å². The molecule has 0 heterocycles. The van der Waals surface area contributed by atoms with Crippen LogP contribution in [-0.2, 0) is 14.3 Å². The van der Waals surface area contributed by atoms with Crippen molar-refractivity contribution in [2.24, 2.45) is 0 Å². The van der Waals surface area contributed by atoms with Crippen LogP contribution in [0.25, 0.3) is 0 Å². The molecule has 0 aromatic rings. The summed E-state index contributed by atoms with van der Waals surface area (Å²) >= 11 is 2.71. The van der Waals surface area contributed by atoms with Crippen molar-refractivity contribution < 1.29 is 19.4 Å². The quantitative estimate of drug-likeness (QED) is 0.531. The molecule has 0 atom stereocenters. The van der Waals surface area contributed by atoms with Crippen molar-refractivity contribution >= 4 is 27.9 Å². The van der Waals surface area contributed by atoms with E-state index in [4.69, 9.17) is 5.11 Å². The van der Waals surface area contributed by atoms with Crippen molar-refractivity contribution in [3.8, 4) is 0 Å². The van der Waals surface area contributed by atoms with Gasteiger partial charge in [0, 0.05) is 6.08 Å².